The third kappa shape index (κ3) is 4.03. The third-order valence-electron chi connectivity index (χ3n) is 4.59. The molecule has 2 heterocycles. The first-order valence-electron chi connectivity index (χ1n) is 9.17. The Labute approximate surface area is 181 Å². The summed E-state index contributed by atoms with van der Waals surface area (Å²) in [6.45, 7) is 0. The van der Waals surface area contributed by atoms with Crippen molar-refractivity contribution in [2.24, 2.45) is 12.0 Å². The lowest BCUT2D eigenvalue weighted by atomic mass is 10.1. The standard InChI is InChI=1S/C21H15F5N4OS/c1-30-11-10-16(29-30)17-18(14-8-5-9-15(12-14)21(22,23)24)32(25,26)20(27-17)28-19(31)13-6-3-2-4-7-13/h2-12H,1H3,(H,27,28,31). The van der Waals surface area contributed by atoms with Crippen molar-refractivity contribution < 1.29 is 25.7 Å². The second-order valence-electron chi connectivity index (χ2n) is 6.84. The van der Waals surface area contributed by atoms with E-state index in [0.717, 1.165) is 18.2 Å². The number of amidine groups is 1. The Morgan fingerprint density at radius 3 is 2.38 bits per heavy atom. The van der Waals surface area contributed by atoms with Gasteiger partial charge in [0, 0.05) is 18.8 Å². The van der Waals surface area contributed by atoms with Crippen LogP contribution in [0.4, 0.5) is 20.9 Å². The minimum absolute atomic E-state index is 0.0519. The van der Waals surface area contributed by atoms with E-state index in [4.69, 9.17) is 0 Å². The minimum atomic E-state index is -4.95. The second kappa shape index (κ2) is 7.90. The number of aliphatic imine (C=N–C) groups is 1. The number of nitrogens with one attached hydrogen (secondary N) is 1. The highest BCUT2D eigenvalue weighted by Gasteiger charge is 2.45. The number of aryl methyl sites for hydroxylation is 1. The van der Waals surface area contributed by atoms with Gasteiger partial charge in [0.25, 0.3) is 5.91 Å². The molecule has 0 atom stereocenters. The smallest absolute Gasteiger partial charge is 0.298 e. The van der Waals surface area contributed by atoms with Crippen LogP contribution < -0.4 is 5.32 Å². The topological polar surface area (TPSA) is 59.3 Å². The highest BCUT2D eigenvalue weighted by molar-refractivity contribution is 8.45. The van der Waals surface area contributed by atoms with Gasteiger partial charge in [0.1, 0.15) is 22.2 Å². The Bertz CT molecular complexity index is 1250. The predicted octanol–water partition coefficient (Wildman–Crippen LogP) is 5.64. The quantitative estimate of drug-likeness (QED) is 0.508. The molecule has 0 saturated carbocycles. The van der Waals surface area contributed by atoms with Crippen molar-refractivity contribution in [3.05, 3.63) is 89.2 Å². The zero-order chi connectivity index (χ0) is 23.1. The number of carbonyl (C=O) groups is 1. The van der Waals surface area contributed by atoms with Gasteiger partial charge < -0.3 is 0 Å². The zero-order valence-electron chi connectivity index (χ0n) is 16.4. The maximum Gasteiger partial charge on any atom is 0.416 e. The first-order valence-corrected chi connectivity index (χ1v) is 10.6. The van der Waals surface area contributed by atoms with Crippen LogP contribution in [-0.4, -0.2) is 20.9 Å². The average molecular weight is 466 g/mol. The number of hydrogen-bond donors (Lipinski definition) is 1. The van der Waals surface area contributed by atoms with Crippen molar-refractivity contribution in [3.8, 4) is 0 Å². The summed E-state index contributed by atoms with van der Waals surface area (Å²) in [5.41, 5.74) is -1.50. The molecule has 0 radical (unpaired) electrons. The molecule has 5 nitrogen and oxygen atoms in total. The number of halogens is 5. The molecule has 4 rings (SSSR count). The Kier molecular flexibility index (Phi) is 5.37. The number of rotatable bonds is 3. The number of amides is 1. The van der Waals surface area contributed by atoms with Crippen LogP contribution in [-0.2, 0) is 13.2 Å². The molecule has 0 spiro atoms. The first-order chi connectivity index (χ1) is 15.1. The molecule has 1 aliphatic rings. The van der Waals surface area contributed by atoms with Gasteiger partial charge >= 0.3 is 6.18 Å². The summed E-state index contributed by atoms with van der Waals surface area (Å²) in [7, 11) is -3.39. The molecule has 0 saturated heterocycles. The Balaban J connectivity index is 1.81. The fraction of sp³-hybridized carbons (Fsp3) is 0.0952. The van der Waals surface area contributed by atoms with Gasteiger partial charge in [-0.3, -0.25) is 14.8 Å². The Morgan fingerprint density at radius 2 is 1.75 bits per heavy atom. The van der Waals surface area contributed by atoms with E-state index in [1.807, 2.05) is 0 Å². The molecule has 1 aromatic heterocycles. The van der Waals surface area contributed by atoms with E-state index in [1.165, 1.54) is 29.1 Å². The van der Waals surface area contributed by atoms with Gasteiger partial charge in [-0.15, -0.1) is 7.77 Å². The number of nitrogens with zero attached hydrogens (tertiary/aromatic N) is 3. The summed E-state index contributed by atoms with van der Waals surface area (Å²) >= 11 is 0. The van der Waals surface area contributed by atoms with Crippen molar-refractivity contribution in [1.29, 1.82) is 0 Å². The Hall–Kier alpha value is -3.47. The number of alkyl halides is 3. The van der Waals surface area contributed by atoms with Gasteiger partial charge in [0.15, 0.2) is 0 Å². The summed E-state index contributed by atoms with van der Waals surface area (Å²) in [6, 6.07) is 12.8. The number of carbonyl (C=O) groups excluding carboxylic acids is 1. The summed E-state index contributed by atoms with van der Waals surface area (Å²) in [5.74, 6) is -0.804. The van der Waals surface area contributed by atoms with E-state index in [-0.39, 0.29) is 22.5 Å². The summed E-state index contributed by atoms with van der Waals surface area (Å²) < 4.78 is 72.1. The maximum absolute atomic E-state index is 15.6. The van der Waals surface area contributed by atoms with Crippen LogP contribution in [0.25, 0.3) is 10.6 Å². The van der Waals surface area contributed by atoms with Gasteiger partial charge in [-0.2, -0.15) is 18.3 Å². The number of benzene rings is 2. The first kappa shape index (κ1) is 21.8. The van der Waals surface area contributed by atoms with E-state index < -0.39 is 38.5 Å². The lowest BCUT2D eigenvalue weighted by molar-refractivity contribution is -0.137. The van der Waals surface area contributed by atoms with Crippen LogP contribution in [0, 0.1) is 0 Å². The van der Waals surface area contributed by atoms with E-state index in [1.54, 1.807) is 25.2 Å². The van der Waals surface area contributed by atoms with E-state index in [9.17, 15) is 18.0 Å². The molecule has 11 heteroatoms. The van der Waals surface area contributed by atoms with Crippen molar-refractivity contribution in [3.63, 3.8) is 0 Å². The summed E-state index contributed by atoms with van der Waals surface area (Å²) in [5, 5.41) is 5.31. The molecular weight excluding hydrogens is 451 g/mol. The molecular formula is C21H15F5N4OS. The van der Waals surface area contributed by atoms with E-state index >= 15 is 7.77 Å². The second-order valence-corrected chi connectivity index (χ2v) is 8.57. The zero-order valence-corrected chi connectivity index (χ0v) is 17.2. The summed E-state index contributed by atoms with van der Waals surface area (Å²) in [6.07, 6.45) is -3.22. The minimum Gasteiger partial charge on any atom is -0.298 e. The molecule has 0 unspecified atom stereocenters. The highest BCUT2D eigenvalue weighted by atomic mass is 32.3. The van der Waals surface area contributed by atoms with Crippen LogP contribution in [0.2, 0.25) is 0 Å². The van der Waals surface area contributed by atoms with Gasteiger partial charge in [0.2, 0.25) is 5.17 Å². The Morgan fingerprint density at radius 1 is 1.03 bits per heavy atom. The number of aromatic nitrogens is 2. The van der Waals surface area contributed by atoms with Gasteiger partial charge in [-0.25, -0.2) is 4.99 Å². The third-order valence-corrected chi connectivity index (χ3v) is 6.21. The molecule has 2 aromatic carbocycles. The summed E-state index contributed by atoms with van der Waals surface area (Å²) in [4.78, 5) is 15.7. The molecule has 3 aromatic rings. The van der Waals surface area contributed by atoms with Crippen LogP contribution in [0.3, 0.4) is 0 Å². The highest BCUT2D eigenvalue weighted by Crippen LogP contribution is 2.69. The number of hydrogen-bond acceptors (Lipinski definition) is 3. The van der Waals surface area contributed by atoms with Crippen molar-refractivity contribution >= 4 is 32.5 Å². The van der Waals surface area contributed by atoms with Gasteiger partial charge in [-0.1, -0.05) is 30.3 Å². The lowest BCUT2D eigenvalue weighted by Gasteiger charge is -2.22. The fourth-order valence-corrected chi connectivity index (χ4v) is 4.55. The predicted molar refractivity (Wildman–Crippen MR) is 113 cm³/mol. The van der Waals surface area contributed by atoms with Crippen molar-refractivity contribution in [2.75, 3.05) is 0 Å². The molecule has 0 fully saturated rings. The molecule has 0 aliphatic carbocycles. The monoisotopic (exact) mass is 466 g/mol. The van der Waals surface area contributed by atoms with Crippen LogP contribution in [0.15, 0.2) is 71.9 Å². The largest absolute Gasteiger partial charge is 0.416 e. The van der Waals surface area contributed by atoms with Crippen LogP contribution >= 0.6 is 10.8 Å². The van der Waals surface area contributed by atoms with E-state index in [0.29, 0.717) is 6.07 Å². The van der Waals surface area contributed by atoms with Crippen LogP contribution in [0.1, 0.15) is 27.2 Å². The van der Waals surface area contributed by atoms with Crippen molar-refractivity contribution in [1.82, 2.24) is 15.1 Å². The molecule has 166 valence electrons. The fourth-order valence-electron chi connectivity index (χ4n) is 3.12. The van der Waals surface area contributed by atoms with Crippen LogP contribution in [0.5, 0.6) is 0 Å². The molecule has 1 N–H and O–H groups in total. The molecule has 32 heavy (non-hydrogen) atoms. The SMILES string of the molecule is Cn1ccc(C2=C(c3cccc(C(F)(F)F)c3)S(F)(F)C(NC(=O)c3ccccc3)=N2)n1. The van der Waals surface area contributed by atoms with Gasteiger partial charge in [-0.05, 0) is 35.9 Å². The molecule has 1 amide bonds. The molecule has 0 bridgehead atoms. The maximum atomic E-state index is 15.6. The lowest BCUT2D eigenvalue weighted by Crippen LogP contribution is -2.30. The van der Waals surface area contributed by atoms with E-state index in [2.05, 4.69) is 15.4 Å². The van der Waals surface area contributed by atoms with Crippen molar-refractivity contribution in [2.45, 2.75) is 6.18 Å². The molecule has 1 aliphatic heterocycles. The van der Waals surface area contributed by atoms with Gasteiger partial charge in [0.05, 0.1) is 10.5 Å². The normalized spacial score (nSPS) is 16.6. The average Bonchev–Trinajstić information content (AvgIpc) is 3.28.